The number of halogens is 1. The molecule has 4 nitrogen and oxygen atoms in total. The van der Waals surface area contributed by atoms with Gasteiger partial charge in [-0.25, -0.2) is 4.98 Å². The Bertz CT molecular complexity index is 622. The van der Waals surface area contributed by atoms with E-state index < -0.39 is 0 Å². The lowest BCUT2D eigenvalue weighted by Gasteiger charge is -2.01. The molecule has 0 aliphatic carbocycles. The maximum absolute atomic E-state index is 11.9. The van der Waals surface area contributed by atoms with Gasteiger partial charge in [-0.3, -0.25) is 9.59 Å². The first-order chi connectivity index (χ1) is 10.7. The number of hydrogen-bond acceptors (Lipinski definition) is 4. The van der Waals surface area contributed by atoms with E-state index in [2.05, 4.69) is 29.2 Å². The second-order valence-electron chi connectivity index (χ2n) is 5.13. The molecule has 0 amide bonds. The fourth-order valence-electron chi connectivity index (χ4n) is 2.21. The Kier molecular flexibility index (Phi) is 6.76. The number of rotatable bonds is 9. The van der Waals surface area contributed by atoms with Crippen LogP contribution in [0.5, 0.6) is 0 Å². The van der Waals surface area contributed by atoms with E-state index in [1.807, 2.05) is 6.07 Å². The van der Waals surface area contributed by atoms with Gasteiger partial charge in [-0.15, -0.1) is 0 Å². The van der Waals surface area contributed by atoms with Crippen molar-refractivity contribution in [2.24, 2.45) is 0 Å². The second kappa shape index (κ2) is 8.82. The number of Topliss-reactive ketones (excluding diaryl/α,β-unsaturated/α-hetero) is 1. The third-order valence-corrected chi connectivity index (χ3v) is 3.93. The van der Waals surface area contributed by atoms with E-state index in [-0.39, 0.29) is 21.2 Å². The summed E-state index contributed by atoms with van der Waals surface area (Å²) in [6.07, 6.45) is 6.87. The van der Waals surface area contributed by atoms with Gasteiger partial charge in [0.15, 0.2) is 0 Å². The monoisotopic (exact) mass is 411 g/mol. The van der Waals surface area contributed by atoms with Crippen LogP contribution >= 0.6 is 22.6 Å². The Morgan fingerprint density at radius 2 is 1.77 bits per heavy atom. The third kappa shape index (κ3) is 5.36. The summed E-state index contributed by atoms with van der Waals surface area (Å²) in [5, 5.41) is 0. The van der Waals surface area contributed by atoms with E-state index in [0.717, 1.165) is 32.1 Å². The van der Waals surface area contributed by atoms with Crippen molar-refractivity contribution in [3.05, 3.63) is 53.7 Å². The molecule has 0 saturated heterocycles. The van der Waals surface area contributed by atoms with Crippen LogP contribution in [0.4, 0.5) is 0 Å². The van der Waals surface area contributed by atoms with E-state index in [1.165, 1.54) is 11.8 Å². The summed E-state index contributed by atoms with van der Waals surface area (Å²) in [7, 11) is 0. The predicted molar refractivity (Wildman–Crippen MR) is 92.4 cm³/mol. The summed E-state index contributed by atoms with van der Waals surface area (Å²) in [5.41, 5.74) is 1.36. The Labute approximate surface area is 143 Å². The number of unbranched alkanes of at least 4 members (excludes halogenated alkanes) is 3. The first kappa shape index (κ1) is 16.9. The van der Waals surface area contributed by atoms with Crippen molar-refractivity contribution in [2.75, 3.05) is 0 Å². The smallest absolute Gasteiger partial charge is 0.263 e. The van der Waals surface area contributed by atoms with Crippen molar-refractivity contribution in [1.29, 1.82) is 0 Å². The zero-order valence-corrected chi connectivity index (χ0v) is 14.4. The molecular weight excluding hydrogens is 393 g/mol. The molecule has 0 unspecified atom stereocenters. The molecule has 0 radical (unpaired) electrons. The molecule has 0 spiro atoms. The molecule has 1 heterocycles. The van der Waals surface area contributed by atoms with Crippen LogP contribution in [0.2, 0.25) is 0 Å². The van der Waals surface area contributed by atoms with Gasteiger partial charge in [0.1, 0.15) is 0 Å². The molecule has 1 aromatic carbocycles. The highest BCUT2D eigenvalue weighted by molar-refractivity contribution is 14.1. The van der Waals surface area contributed by atoms with Gasteiger partial charge in [0.25, 0.3) is 9.68 Å². The molecule has 2 aromatic rings. The van der Waals surface area contributed by atoms with E-state index in [4.69, 9.17) is 4.42 Å². The SMILES string of the molecule is O=C(I)c1cnc(C(=O)CCCCCCc2ccccc2)o1. The van der Waals surface area contributed by atoms with Crippen molar-refractivity contribution in [3.8, 4) is 0 Å². The van der Waals surface area contributed by atoms with E-state index in [0.29, 0.717) is 6.42 Å². The molecule has 0 fully saturated rings. The normalized spacial score (nSPS) is 10.6. The summed E-state index contributed by atoms with van der Waals surface area (Å²) >= 11 is 1.61. The van der Waals surface area contributed by atoms with Crippen LogP contribution in [0.3, 0.4) is 0 Å². The van der Waals surface area contributed by atoms with Crippen molar-refractivity contribution >= 4 is 32.2 Å². The summed E-state index contributed by atoms with van der Waals surface area (Å²) in [4.78, 5) is 26.8. The van der Waals surface area contributed by atoms with Crippen LogP contribution in [0.1, 0.15) is 58.9 Å². The fraction of sp³-hybridized carbons (Fsp3) is 0.353. The fourth-order valence-corrected chi connectivity index (χ4v) is 2.46. The molecule has 0 N–H and O–H groups in total. The lowest BCUT2D eigenvalue weighted by atomic mass is 10.0. The molecular formula is C17H18INO3. The number of benzene rings is 1. The van der Waals surface area contributed by atoms with Crippen LogP contribution in [0.25, 0.3) is 0 Å². The van der Waals surface area contributed by atoms with Crippen LogP contribution < -0.4 is 0 Å². The van der Waals surface area contributed by atoms with Crippen LogP contribution in [-0.2, 0) is 6.42 Å². The number of oxazole rings is 1. The molecule has 0 aliphatic heterocycles. The number of aromatic nitrogens is 1. The quantitative estimate of drug-likeness (QED) is 0.261. The molecule has 0 bridgehead atoms. The number of nitrogens with zero attached hydrogens (tertiary/aromatic N) is 1. The maximum Gasteiger partial charge on any atom is 0.263 e. The Balaban J connectivity index is 1.62. The first-order valence-electron chi connectivity index (χ1n) is 7.39. The van der Waals surface area contributed by atoms with Crippen molar-refractivity contribution in [3.63, 3.8) is 0 Å². The zero-order chi connectivity index (χ0) is 15.8. The van der Waals surface area contributed by atoms with Gasteiger partial charge >= 0.3 is 0 Å². The minimum absolute atomic E-state index is 0.0456. The Morgan fingerprint density at radius 3 is 2.45 bits per heavy atom. The first-order valence-corrected chi connectivity index (χ1v) is 8.47. The van der Waals surface area contributed by atoms with E-state index >= 15 is 0 Å². The minimum Gasteiger partial charge on any atom is -0.430 e. The minimum atomic E-state index is -0.245. The van der Waals surface area contributed by atoms with Crippen molar-refractivity contribution < 1.29 is 14.0 Å². The van der Waals surface area contributed by atoms with Gasteiger partial charge in [0.2, 0.25) is 11.5 Å². The zero-order valence-electron chi connectivity index (χ0n) is 12.3. The van der Waals surface area contributed by atoms with Gasteiger partial charge in [0, 0.05) is 29.0 Å². The Morgan fingerprint density at radius 1 is 1.05 bits per heavy atom. The van der Waals surface area contributed by atoms with E-state index in [1.54, 1.807) is 22.6 Å². The topological polar surface area (TPSA) is 60.2 Å². The van der Waals surface area contributed by atoms with Gasteiger partial charge in [-0.1, -0.05) is 43.2 Å². The summed E-state index contributed by atoms with van der Waals surface area (Å²) in [5.74, 6) is 0.0445. The molecule has 1 aromatic heterocycles. The third-order valence-electron chi connectivity index (χ3n) is 3.40. The predicted octanol–water partition coefficient (Wildman–Crippen LogP) is 4.63. The Hall–Kier alpha value is -1.50. The standard InChI is InChI=1S/C17H18INO3/c18-16(21)15-12-19-17(22-15)14(20)11-7-2-1-4-8-13-9-5-3-6-10-13/h3,5-6,9-10,12H,1-2,4,7-8,11H2. The lowest BCUT2D eigenvalue weighted by molar-refractivity contribution is 0.0942. The molecule has 2 rings (SSSR count). The highest BCUT2D eigenvalue weighted by Gasteiger charge is 2.15. The number of carbonyl (C=O) groups excluding carboxylic acids is 2. The van der Waals surface area contributed by atoms with Crippen LogP contribution in [0.15, 0.2) is 40.9 Å². The van der Waals surface area contributed by atoms with Crippen LogP contribution in [0, 0.1) is 0 Å². The molecule has 5 heteroatoms. The van der Waals surface area contributed by atoms with Gasteiger partial charge in [-0.05, 0) is 24.8 Å². The maximum atomic E-state index is 11.9. The number of hydrogen-bond donors (Lipinski definition) is 0. The highest BCUT2D eigenvalue weighted by atomic mass is 127. The number of carbonyl (C=O) groups is 2. The summed E-state index contributed by atoms with van der Waals surface area (Å²) < 4.78 is 4.88. The second-order valence-corrected chi connectivity index (χ2v) is 6.11. The van der Waals surface area contributed by atoms with Gasteiger partial charge in [0.05, 0.1) is 6.20 Å². The summed E-state index contributed by atoms with van der Waals surface area (Å²) in [6.45, 7) is 0. The molecule has 116 valence electrons. The van der Waals surface area contributed by atoms with Crippen molar-refractivity contribution in [2.45, 2.75) is 38.5 Å². The van der Waals surface area contributed by atoms with E-state index in [9.17, 15) is 9.59 Å². The largest absolute Gasteiger partial charge is 0.430 e. The molecule has 0 atom stereocenters. The van der Waals surface area contributed by atoms with Crippen molar-refractivity contribution in [1.82, 2.24) is 4.98 Å². The molecule has 0 saturated carbocycles. The van der Waals surface area contributed by atoms with Gasteiger partial charge < -0.3 is 4.42 Å². The highest BCUT2D eigenvalue weighted by Crippen LogP contribution is 2.13. The van der Waals surface area contributed by atoms with Crippen LogP contribution in [-0.4, -0.2) is 14.6 Å². The lowest BCUT2D eigenvalue weighted by Crippen LogP contribution is -1.99. The molecule has 22 heavy (non-hydrogen) atoms. The average Bonchev–Trinajstić information content (AvgIpc) is 3.02. The average molecular weight is 411 g/mol. The number of ketones is 1. The number of aryl methyl sites for hydroxylation is 1. The molecule has 0 aliphatic rings. The van der Waals surface area contributed by atoms with Gasteiger partial charge in [-0.2, -0.15) is 0 Å². The summed E-state index contributed by atoms with van der Waals surface area (Å²) in [6, 6.07) is 10.4.